The van der Waals surface area contributed by atoms with E-state index in [1.54, 1.807) is 0 Å². The van der Waals surface area contributed by atoms with Gasteiger partial charge in [0.05, 0.1) is 13.0 Å². The van der Waals surface area contributed by atoms with Crippen LogP contribution in [0.25, 0.3) is 5.57 Å². The highest BCUT2D eigenvalue weighted by Gasteiger charge is 2.19. The van der Waals surface area contributed by atoms with E-state index in [9.17, 15) is 9.59 Å². The van der Waals surface area contributed by atoms with Crippen LogP contribution in [0.5, 0.6) is 5.75 Å². The van der Waals surface area contributed by atoms with Crippen LogP contribution >= 0.6 is 15.9 Å². The minimum atomic E-state index is -0.878. The lowest BCUT2D eigenvalue weighted by molar-refractivity contribution is -0.137. The molecule has 1 N–H and O–H groups in total. The van der Waals surface area contributed by atoms with E-state index in [4.69, 9.17) is 9.84 Å². The molecule has 0 fully saturated rings. The minimum absolute atomic E-state index is 0.0277. The number of halogens is 1. The van der Waals surface area contributed by atoms with Crippen molar-refractivity contribution in [3.05, 3.63) is 70.2 Å². The van der Waals surface area contributed by atoms with E-state index in [1.807, 2.05) is 53.4 Å². The quantitative estimate of drug-likeness (QED) is 0.745. The lowest BCUT2D eigenvalue weighted by atomic mass is 9.99. The van der Waals surface area contributed by atoms with Gasteiger partial charge in [-0.25, -0.2) is 0 Å². The van der Waals surface area contributed by atoms with Crippen molar-refractivity contribution < 1.29 is 19.4 Å². The lowest BCUT2D eigenvalue weighted by Gasteiger charge is -2.27. The molecule has 0 spiro atoms. The monoisotopic (exact) mass is 429 g/mol. The fraction of sp³-hybridized carbons (Fsp3) is 0.238. The summed E-state index contributed by atoms with van der Waals surface area (Å²) in [5.74, 6) is -0.191. The van der Waals surface area contributed by atoms with E-state index < -0.39 is 5.97 Å². The second kappa shape index (κ2) is 8.86. The molecule has 2 aromatic carbocycles. The van der Waals surface area contributed by atoms with Crippen LogP contribution in [-0.2, 0) is 4.79 Å². The first-order valence-corrected chi connectivity index (χ1v) is 9.51. The molecule has 0 saturated carbocycles. The van der Waals surface area contributed by atoms with Gasteiger partial charge in [-0.1, -0.05) is 34.1 Å². The highest BCUT2D eigenvalue weighted by atomic mass is 79.9. The molecule has 2 aromatic rings. The SMILES string of the molecule is O=C(O)CCOc1cccc(C2=CCN(C(=O)c3ccc(Br)cc3)CC2)c1. The number of benzene rings is 2. The largest absolute Gasteiger partial charge is 0.493 e. The molecular weight excluding hydrogens is 410 g/mol. The maximum absolute atomic E-state index is 12.6. The van der Waals surface area contributed by atoms with Gasteiger partial charge in [0, 0.05) is 23.1 Å². The number of ether oxygens (including phenoxy) is 1. The van der Waals surface area contributed by atoms with Crippen molar-refractivity contribution in [2.75, 3.05) is 19.7 Å². The molecule has 1 heterocycles. The van der Waals surface area contributed by atoms with E-state index in [2.05, 4.69) is 22.0 Å². The molecule has 0 radical (unpaired) electrons. The fourth-order valence-electron chi connectivity index (χ4n) is 2.93. The Kier molecular flexibility index (Phi) is 6.29. The first-order chi connectivity index (χ1) is 13.0. The third kappa shape index (κ3) is 5.20. The number of rotatable bonds is 6. The van der Waals surface area contributed by atoms with Crippen LogP contribution in [0.2, 0.25) is 0 Å². The second-order valence-electron chi connectivity index (χ2n) is 6.26. The van der Waals surface area contributed by atoms with Crippen molar-refractivity contribution >= 4 is 33.4 Å². The van der Waals surface area contributed by atoms with Gasteiger partial charge in [-0.3, -0.25) is 9.59 Å². The zero-order valence-corrected chi connectivity index (χ0v) is 16.3. The highest BCUT2D eigenvalue weighted by molar-refractivity contribution is 9.10. The summed E-state index contributed by atoms with van der Waals surface area (Å²) in [5, 5.41) is 8.69. The Labute approximate surface area is 166 Å². The number of hydrogen-bond donors (Lipinski definition) is 1. The molecule has 0 aliphatic carbocycles. The predicted octanol–water partition coefficient (Wildman–Crippen LogP) is 4.23. The van der Waals surface area contributed by atoms with Gasteiger partial charge in [-0.05, 0) is 54.0 Å². The molecule has 0 aromatic heterocycles. The topological polar surface area (TPSA) is 66.8 Å². The maximum Gasteiger partial charge on any atom is 0.306 e. The van der Waals surface area contributed by atoms with Crippen LogP contribution in [0.4, 0.5) is 0 Å². The van der Waals surface area contributed by atoms with Gasteiger partial charge < -0.3 is 14.7 Å². The van der Waals surface area contributed by atoms with Crippen molar-refractivity contribution in [3.8, 4) is 5.75 Å². The molecule has 1 aliphatic rings. The van der Waals surface area contributed by atoms with Crippen LogP contribution in [0.3, 0.4) is 0 Å². The summed E-state index contributed by atoms with van der Waals surface area (Å²) in [5.41, 5.74) is 2.89. The normalized spacial score (nSPS) is 13.8. The van der Waals surface area contributed by atoms with Gasteiger partial charge in [0.15, 0.2) is 0 Å². The van der Waals surface area contributed by atoms with Crippen molar-refractivity contribution in [1.82, 2.24) is 4.90 Å². The number of amides is 1. The van der Waals surface area contributed by atoms with E-state index >= 15 is 0 Å². The van der Waals surface area contributed by atoms with Crippen LogP contribution in [0.15, 0.2) is 59.1 Å². The number of nitrogens with zero attached hydrogens (tertiary/aromatic N) is 1. The molecule has 1 aliphatic heterocycles. The van der Waals surface area contributed by atoms with E-state index in [0.717, 1.165) is 16.5 Å². The molecule has 6 heteroatoms. The average Bonchev–Trinajstić information content (AvgIpc) is 2.68. The van der Waals surface area contributed by atoms with Gasteiger partial charge in [0.2, 0.25) is 0 Å². The van der Waals surface area contributed by atoms with Crippen LogP contribution in [0, 0.1) is 0 Å². The van der Waals surface area contributed by atoms with Gasteiger partial charge in [-0.2, -0.15) is 0 Å². The average molecular weight is 430 g/mol. The molecule has 0 saturated heterocycles. The fourth-order valence-corrected chi connectivity index (χ4v) is 3.20. The van der Waals surface area contributed by atoms with Crippen molar-refractivity contribution in [1.29, 1.82) is 0 Å². The molecular formula is C21H20BrNO4. The standard InChI is InChI=1S/C21H20BrNO4/c22-18-6-4-16(5-7-18)21(26)23-11-8-15(9-12-23)17-2-1-3-19(14-17)27-13-10-20(24)25/h1-8,14H,9-13H2,(H,24,25). The molecule has 0 bridgehead atoms. The summed E-state index contributed by atoms with van der Waals surface area (Å²) in [6.45, 7) is 1.37. The maximum atomic E-state index is 12.6. The summed E-state index contributed by atoms with van der Waals surface area (Å²) in [6.07, 6.45) is 2.80. The summed E-state index contributed by atoms with van der Waals surface area (Å²) >= 11 is 3.38. The van der Waals surface area contributed by atoms with Gasteiger partial charge in [-0.15, -0.1) is 0 Å². The Hall–Kier alpha value is -2.60. The minimum Gasteiger partial charge on any atom is -0.493 e. The molecule has 0 unspecified atom stereocenters. The Bertz CT molecular complexity index is 861. The zero-order chi connectivity index (χ0) is 19.2. The Balaban J connectivity index is 1.63. The number of carboxylic acid groups (broad SMARTS) is 1. The van der Waals surface area contributed by atoms with E-state index in [1.165, 1.54) is 5.57 Å². The van der Waals surface area contributed by atoms with Gasteiger partial charge in [0.1, 0.15) is 5.75 Å². The van der Waals surface area contributed by atoms with Crippen molar-refractivity contribution in [2.45, 2.75) is 12.8 Å². The molecule has 140 valence electrons. The van der Waals surface area contributed by atoms with Crippen LogP contribution in [-0.4, -0.2) is 41.6 Å². The summed E-state index contributed by atoms with van der Waals surface area (Å²) < 4.78 is 6.45. The first-order valence-electron chi connectivity index (χ1n) is 8.72. The molecule has 1 amide bonds. The predicted molar refractivity (Wildman–Crippen MR) is 107 cm³/mol. The first kappa shape index (κ1) is 19.2. The van der Waals surface area contributed by atoms with E-state index in [-0.39, 0.29) is 18.9 Å². The summed E-state index contributed by atoms with van der Waals surface area (Å²) in [4.78, 5) is 25.0. The number of hydrogen-bond acceptors (Lipinski definition) is 3. The third-order valence-electron chi connectivity index (χ3n) is 4.38. The van der Waals surface area contributed by atoms with Gasteiger partial charge in [0.25, 0.3) is 5.91 Å². The second-order valence-corrected chi connectivity index (χ2v) is 7.17. The number of carbonyl (C=O) groups excluding carboxylic acids is 1. The summed E-state index contributed by atoms with van der Waals surface area (Å²) in [7, 11) is 0. The van der Waals surface area contributed by atoms with Crippen molar-refractivity contribution in [2.24, 2.45) is 0 Å². The lowest BCUT2D eigenvalue weighted by Crippen LogP contribution is -2.34. The Morgan fingerprint density at radius 3 is 2.59 bits per heavy atom. The molecule has 0 atom stereocenters. The zero-order valence-electron chi connectivity index (χ0n) is 14.7. The van der Waals surface area contributed by atoms with Gasteiger partial charge >= 0.3 is 5.97 Å². The number of carboxylic acids is 1. The molecule has 5 nitrogen and oxygen atoms in total. The number of carbonyl (C=O) groups is 2. The molecule has 3 rings (SSSR count). The third-order valence-corrected chi connectivity index (χ3v) is 4.91. The van der Waals surface area contributed by atoms with Crippen LogP contribution < -0.4 is 4.74 Å². The highest BCUT2D eigenvalue weighted by Crippen LogP contribution is 2.26. The van der Waals surface area contributed by atoms with Crippen LogP contribution in [0.1, 0.15) is 28.8 Å². The van der Waals surface area contributed by atoms with E-state index in [0.29, 0.717) is 24.4 Å². The van der Waals surface area contributed by atoms with Crippen molar-refractivity contribution in [3.63, 3.8) is 0 Å². The number of aliphatic carboxylic acids is 1. The Morgan fingerprint density at radius 1 is 1.15 bits per heavy atom. The Morgan fingerprint density at radius 2 is 1.93 bits per heavy atom. The summed E-state index contributed by atoms with van der Waals surface area (Å²) in [6, 6.07) is 15.0. The smallest absolute Gasteiger partial charge is 0.306 e. The molecule has 27 heavy (non-hydrogen) atoms.